The fourth-order valence-electron chi connectivity index (χ4n) is 2.47. The lowest BCUT2D eigenvalue weighted by atomic mass is 10.2. The summed E-state index contributed by atoms with van der Waals surface area (Å²) in [5.41, 5.74) is 4.40. The van der Waals surface area contributed by atoms with Crippen LogP contribution in [0.2, 0.25) is 5.02 Å². The minimum Gasteiger partial charge on any atom is -0.485 e. The molecule has 2 aromatic carbocycles. The van der Waals surface area contributed by atoms with Gasteiger partial charge in [0.2, 0.25) is 0 Å². The van der Waals surface area contributed by atoms with Crippen molar-refractivity contribution in [2.45, 2.75) is 6.61 Å². The summed E-state index contributed by atoms with van der Waals surface area (Å²) in [6, 6.07) is 14.7. The van der Waals surface area contributed by atoms with Gasteiger partial charge in [0.25, 0.3) is 5.91 Å². The second kappa shape index (κ2) is 8.52. The molecule has 0 aliphatic rings. The first-order valence-electron chi connectivity index (χ1n) is 8.31. The number of hydrogen-bond donors (Lipinski definition) is 1. The predicted octanol–water partition coefficient (Wildman–Crippen LogP) is 5.75. The van der Waals surface area contributed by atoms with E-state index in [2.05, 4.69) is 15.3 Å². The third kappa shape index (κ3) is 4.39. The number of carbonyl (C=O) groups is 1. The molecule has 0 saturated heterocycles. The number of ether oxygens (including phenoxy) is 1. The van der Waals surface area contributed by atoms with Gasteiger partial charge < -0.3 is 10.1 Å². The highest BCUT2D eigenvalue weighted by atomic mass is 35.5. The third-order valence-electron chi connectivity index (χ3n) is 3.80. The SMILES string of the molecule is O=C(Nc1ccccc1OCc1cscn1)c1csc(-c2cccc(Cl)c2)n1. The van der Waals surface area contributed by atoms with E-state index in [1.165, 1.54) is 22.7 Å². The van der Waals surface area contributed by atoms with Crippen molar-refractivity contribution >= 4 is 45.9 Å². The topological polar surface area (TPSA) is 64.1 Å². The second-order valence-corrected chi connectivity index (χ2v) is 7.78. The van der Waals surface area contributed by atoms with Gasteiger partial charge in [0.05, 0.1) is 16.9 Å². The van der Waals surface area contributed by atoms with Gasteiger partial charge in [0, 0.05) is 21.3 Å². The van der Waals surface area contributed by atoms with Crippen LogP contribution in [0.5, 0.6) is 5.75 Å². The van der Waals surface area contributed by atoms with Crippen molar-refractivity contribution in [3.63, 3.8) is 0 Å². The number of halogens is 1. The molecule has 140 valence electrons. The summed E-state index contributed by atoms with van der Waals surface area (Å²) in [4.78, 5) is 21.3. The van der Waals surface area contributed by atoms with Gasteiger partial charge in [0.15, 0.2) is 0 Å². The smallest absolute Gasteiger partial charge is 0.275 e. The Labute approximate surface area is 174 Å². The fraction of sp³-hybridized carbons (Fsp3) is 0.0500. The van der Waals surface area contributed by atoms with E-state index >= 15 is 0 Å². The van der Waals surface area contributed by atoms with E-state index in [0.29, 0.717) is 28.8 Å². The van der Waals surface area contributed by atoms with Gasteiger partial charge in [-0.1, -0.05) is 35.9 Å². The van der Waals surface area contributed by atoms with Crippen molar-refractivity contribution in [2.24, 2.45) is 0 Å². The number of thiazole rings is 2. The lowest BCUT2D eigenvalue weighted by Gasteiger charge is -2.11. The molecular weight excluding hydrogens is 414 g/mol. The molecule has 0 aliphatic heterocycles. The molecule has 1 N–H and O–H groups in total. The molecular formula is C20H14ClN3O2S2. The summed E-state index contributed by atoms with van der Waals surface area (Å²) < 4.78 is 5.80. The molecule has 2 heterocycles. The van der Waals surface area contributed by atoms with Crippen LogP contribution in [0.3, 0.4) is 0 Å². The van der Waals surface area contributed by atoms with Crippen LogP contribution >= 0.6 is 34.3 Å². The molecule has 28 heavy (non-hydrogen) atoms. The molecule has 4 aromatic rings. The summed E-state index contributed by atoms with van der Waals surface area (Å²) in [6.07, 6.45) is 0. The molecule has 1 amide bonds. The molecule has 0 fully saturated rings. The molecule has 4 rings (SSSR count). The minimum atomic E-state index is -0.297. The zero-order valence-electron chi connectivity index (χ0n) is 14.5. The van der Waals surface area contributed by atoms with Gasteiger partial charge in [-0.25, -0.2) is 9.97 Å². The number of nitrogens with one attached hydrogen (secondary N) is 1. The summed E-state index contributed by atoms with van der Waals surface area (Å²) >= 11 is 8.94. The zero-order valence-corrected chi connectivity index (χ0v) is 16.9. The Hall–Kier alpha value is -2.74. The number of aromatic nitrogens is 2. The molecule has 0 unspecified atom stereocenters. The van der Waals surface area contributed by atoms with Gasteiger partial charge >= 0.3 is 0 Å². The molecule has 8 heteroatoms. The number of nitrogens with zero attached hydrogens (tertiary/aromatic N) is 2. The van der Waals surface area contributed by atoms with E-state index in [4.69, 9.17) is 16.3 Å². The van der Waals surface area contributed by atoms with Gasteiger partial charge in [0.1, 0.15) is 23.1 Å². The van der Waals surface area contributed by atoms with E-state index < -0.39 is 0 Å². The van der Waals surface area contributed by atoms with Crippen molar-refractivity contribution in [1.82, 2.24) is 9.97 Å². The Bertz CT molecular complexity index is 1100. The number of para-hydroxylation sites is 2. The van der Waals surface area contributed by atoms with Crippen LogP contribution in [0.25, 0.3) is 10.6 Å². The minimum absolute atomic E-state index is 0.297. The maximum absolute atomic E-state index is 12.7. The van der Waals surface area contributed by atoms with E-state index in [9.17, 15) is 4.79 Å². The third-order valence-corrected chi connectivity index (χ3v) is 5.56. The van der Waals surface area contributed by atoms with Crippen LogP contribution in [0.1, 0.15) is 16.2 Å². The maximum atomic E-state index is 12.7. The van der Waals surface area contributed by atoms with Crippen LogP contribution in [0.15, 0.2) is 64.8 Å². The first-order chi connectivity index (χ1) is 13.7. The summed E-state index contributed by atoms with van der Waals surface area (Å²) in [7, 11) is 0. The van der Waals surface area contributed by atoms with E-state index in [1.54, 1.807) is 29.1 Å². The predicted molar refractivity (Wildman–Crippen MR) is 113 cm³/mol. The lowest BCUT2D eigenvalue weighted by molar-refractivity contribution is 0.102. The highest BCUT2D eigenvalue weighted by molar-refractivity contribution is 7.13. The largest absolute Gasteiger partial charge is 0.485 e. The first kappa shape index (κ1) is 18.6. The van der Waals surface area contributed by atoms with Crippen molar-refractivity contribution < 1.29 is 9.53 Å². The Kier molecular flexibility index (Phi) is 5.66. The van der Waals surface area contributed by atoms with Gasteiger partial charge in [-0.2, -0.15) is 0 Å². The van der Waals surface area contributed by atoms with Crippen LogP contribution in [-0.4, -0.2) is 15.9 Å². The van der Waals surface area contributed by atoms with Crippen LogP contribution < -0.4 is 10.1 Å². The average molecular weight is 428 g/mol. The standard InChI is InChI=1S/C20H14ClN3O2S2/c21-14-5-3-4-13(8-14)20-24-17(11-28-20)19(25)23-16-6-1-2-7-18(16)26-9-15-10-27-12-22-15/h1-8,10-12H,9H2,(H,23,25). The van der Waals surface area contributed by atoms with Crippen molar-refractivity contribution in [3.8, 4) is 16.3 Å². The Balaban J connectivity index is 1.48. The van der Waals surface area contributed by atoms with Crippen LogP contribution in [0, 0.1) is 0 Å². The number of carbonyl (C=O) groups excluding carboxylic acids is 1. The van der Waals surface area contributed by atoms with Crippen LogP contribution in [0.4, 0.5) is 5.69 Å². The monoisotopic (exact) mass is 427 g/mol. The number of rotatable bonds is 6. The molecule has 5 nitrogen and oxygen atoms in total. The summed E-state index contributed by atoms with van der Waals surface area (Å²) in [5.74, 6) is 0.281. The Morgan fingerprint density at radius 1 is 1.14 bits per heavy atom. The van der Waals surface area contributed by atoms with Crippen LogP contribution in [-0.2, 0) is 6.61 Å². The molecule has 0 atom stereocenters. The van der Waals surface area contributed by atoms with Gasteiger partial charge in [-0.15, -0.1) is 22.7 Å². The fourth-order valence-corrected chi connectivity index (χ4v) is 4.01. The van der Waals surface area contributed by atoms with Crippen molar-refractivity contribution in [3.05, 3.63) is 81.2 Å². The zero-order chi connectivity index (χ0) is 19.3. The molecule has 0 aliphatic carbocycles. The number of amides is 1. The number of hydrogen-bond acceptors (Lipinski definition) is 6. The van der Waals surface area contributed by atoms with Crippen molar-refractivity contribution in [1.29, 1.82) is 0 Å². The molecule has 0 radical (unpaired) electrons. The number of anilines is 1. The second-order valence-electron chi connectivity index (χ2n) is 5.77. The molecule has 0 saturated carbocycles. The summed E-state index contributed by atoms with van der Waals surface area (Å²) in [6.45, 7) is 0.339. The number of benzene rings is 2. The average Bonchev–Trinajstić information content (AvgIpc) is 3.39. The highest BCUT2D eigenvalue weighted by Crippen LogP contribution is 2.28. The molecule has 0 bridgehead atoms. The molecule has 0 spiro atoms. The van der Waals surface area contributed by atoms with Gasteiger partial charge in [-0.05, 0) is 24.3 Å². The van der Waals surface area contributed by atoms with Gasteiger partial charge in [-0.3, -0.25) is 4.79 Å². The first-order valence-corrected chi connectivity index (χ1v) is 10.5. The van der Waals surface area contributed by atoms with E-state index in [-0.39, 0.29) is 5.91 Å². The Morgan fingerprint density at radius 3 is 2.86 bits per heavy atom. The lowest BCUT2D eigenvalue weighted by Crippen LogP contribution is -2.13. The van der Waals surface area contributed by atoms with E-state index in [0.717, 1.165) is 16.3 Å². The highest BCUT2D eigenvalue weighted by Gasteiger charge is 2.14. The quantitative estimate of drug-likeness (QED) is 0.425. The van der Waals surface area contributed by atoms with E-state index in [1.807, 2.05) is 35.7 Å². The Morgan fingerprint density at radius 2 is 2.04 bits per heavy atom. The maximum Gasteiger partial charge on any atom is 0.275 e. The molecule has 2 aromatic heterocycles. The van der Waals surface area contributed by atoms with Crippen molar-refractivity contribution in [2.75, 3.05) is 5.32 Å². The normalized spacial score (nSPS) is 10.6. The summed E-state index contributed by atoms with van der Waals surface area (Å²) in [5, 5.41) is 7.89.